The lowest BCUT2D eigenvalue weighted by Gasteiger charge is -2.16. The molecule has 0 atom stereocenters. The first-order valence-corrected chi connectivity index (χ1v) is 5.88. The van der Waals surface area contributed by atoms with Crippen LogP contribution < -0.4 is 0 Å². The van der Waals surface area contributed by atoms with E-state index in [0.717, 1.165) is 10.0 Å². The van der Waals surface area contributed by atoms with Gasteiger partial charge in [-0.05, 0) is 21.3 Å². The van der Waals surface area contributed by atoms with E-state index in [2.05, 4.69) is 36.7 Å². The van der Waals surface area contributed by atoms with Gasteiger partial charge in [-0.3, -0.25) is 4.79 Å². The van der Waals surface area contributed by atoms with Gasteiger partial charge in [0.25, 0.3) is 0 Å². The largest absolute Gasteiger partial charge is 0.294 e. The van der Waals surface area contributed by atoms with Crippen molar-refractivity contribution in [3.05, 3.63) is 20.8 Å². The predicted molar refractivity (Wildman–Crippen MR) is 60.4 cm³/mol. The van der Waals surface area contributed by atoms with Crippen molar-refractivity contribution in [1.82, 2.24) is 0 Å². The lowest BCUT2D eigenvalue weighted by atomic mass is 9.88. The Morgan fingerprint density at radius 2 is 2.08 bits per heavy atom. The fourth-order valence-corrected chi connectivity index (χ4v) is 2.58. The number of rotatable bonds is 2. The van der Waals surface area contributed by atoms with Gasteiger partial charge in [-0.1, -0.05) is 20.8 Å². The first-order chi connectivity index (χ1) is 5.90. The van der Waals surface area contributed by atoms with Crippen molar-refractivity contribution >= 4 is 33.0 Å². The standard InChI is InChI=1S/C10H13BrOS/c1-10(2,3)4-9(12)7-5-13-6-8(7)11/h5-6H,4H2,1-3H3. The summed E-state index contributed by atoms with van der Waals surface area (Å²) in [6.45, 7) is 6.22. The van der Waals surface area contributed by atoms with Crippen LogP contribution in [0.1, 0.15) is 37.6 Å². The second kappa shape index (κ2) is 3.93. The third-order valence-electron chi connectivity index (χ3n) is 1.61. The molecule has 0 bridgehead atoms. The number of Topliss-reactive ketones (excluding diaryl/α,β-unsaturated/α-hetero) is 1. The van der Waals surface area contributed by atoms with E-state index in [0.29, 0.717) is 6.42 Å². The normalized spacial score (nSPS) is 11.7. The number of halogens is 1. The van der Waals surface area contributed by atoms with Gasteiger partial charge >= 0.3 is 0 Å². The minimum absolute atomic E-state index is 0.0679. The minimum atomic E-state index is 0.0679. The van der Waals surface area contributed by atoms with Crippen LogP contribution >= 0.6 is 27.3 Å². The minimum Gasteiger partial charge on any atom is -0.294 e. The number of carbonyl (C=O) groups is 1. The zero-order valence-corrected chi connectivity index (χ0v) is 10.5. The topological polar surface area (TPSA) is 17.1 Å². The van der Waals surface area contributed by atoms with Gasteiger partial charge in [0, 0.05) is 27.2 Å². The first kappa shape index (κ1) is 10.9. The molecule has 1 heterocycles. The molecule has 1 rings (SSSR count). The number of hydrogen-bond acceptors (Lipinski definition) is 2. The average Bonchev–Trinajstić information content (AvgIpc) is 2.30. The third kappa shape index (κ3) is 3.24. The third-order valence-corrected chi connectivity index (χ3v) is 3.31. The van der Waals surface area contributed by atoms with Crippen molar-refractivity contribution in [2.24, 2.45) is 5.41 Å². The molecule has 0 radical (unpaired) electrons. The van der Waals surface area contributed by atoms with Gasteiger partial charge in [0.05, 0.1) is 0 Å². The van der Waals surface area contributed by atoms with E-state index >= 15 is 0 Å². The zero-order chi connectivity index (χ0) is 10.1. The van der Waals surface area contributed by atoms with E-state index in [1.54, 1.807) is 11.3 Å². The van der Waals surface area contributed by atoms with E-state index < -0.39 is 0 Å². The Labute approximate surface area is 91.3 Å². The number of ketones is 1. The van der Waals surface area contributed by atoms with E-state index in [1.165, 1.54) is 0 Å². The fraction of sp³-hybridized carbons (Fsp3) is 0.500. The van der Waals surface area contributed by atoms with E-state index in [1.807, 2.05) is 10.8 Å². The smallest absolute Gasteiger partial charge is 0.165 e. The van der Waals surface area contributed by atoms with E-state index in [4.69, 9.17) is 0 Å². The highest BCUT2D eigenvalue weighted by atomic mass is 79.9. The highest BCUT2D eigenvalue weighted by Crippen LogP contribution is 2.27. The molecule has 13 heavy (non-hydrogen) atoms. The maximum atomic E-state index is 11.7. The highest BCUT2D eigenvalue weighted by molar-refractivity contribution is 9.10. The molecule has 0 saturated carbocycles. The summed E-state index contributed by atoms with van der Waals surface area (Å²) in [4.78, 5) is 11.7. The van der Waals surface area contributed by atoms with E-state index in [9.17, 15) is 4.79 Å². The van der Waals surface area contributed by atoms with Gasteiger partial charge in [-0.15, -0.1) is 0 Å². The molecule has 1 aromatic rings. The fourth-order valence-electron chi connectivity index (χ4n) is 1.06. The first-order valence-electron chi connectivity index (χ1n) is 4.15. The van der Waals surface area contributed by atoms with Crippen molar-refractivity contribution in [3.8, 4) is 0 Å². The van der Waals surface area contributed by atoms with E-state index in [-0.39, 0.29) is 11.2 Å². The molecule has 0 fully saturated rings. The zero-order valence-electron chi connectivity index (χ0n) is 8.06. The van der Waals surface area contributed by atoms with Crippen LogP contribution in [0.25, 0.3) is 0 Å². The second-order valence-corrected chi connectivity index (χ2v) is 5.89. The van der Waals surface area contributed by atoms with Crippen LogP contribution in [0, 0.1) is 5.41 Å². The van der Waals surface area contributed by atoms with Gasteiger partial charge in [0.2, 0.25) is 0 Å². The molecule has 72 valence electrons. The molecule has 0 aromatic carbocycles. The molecule has 1 aromatic heterocycles. The van der Waals surface area contributed by atoms with Crippen molar-refractivity contribution in [2.75, 3.05) is 0 Å². The van der Waals surface area contributed by atoms with Crippen LogP contribution in [0.5, 0.6) is 0 Å². The molecular weight excluding hydrogens is 248 g/mol. The number of carbonyl (C=O) groups excluding carboxylic acids is 1. The molecule has 0 saturated heterocycles. The summed E-state index contributed by atoms with van der Waals surface area (Å²) in [7, 11) is 0. The molecule has 0 aliphatic carbocycles. The highest BCUT2D eigenvalue weighted by Gasteiger charge is 2.19. The molecule has 0 amide bonds. The molecule has 3 heteroatoms. The summed E-state index contributed by atoms with van der Waals surface area (Å²) >= 11 is 4.92. The monoisotopic (exact) mass is 260 g/mol. The van der Waals surface area contributed by atoms with Gasteiger partial charge in [0.1, 0.15) is 0 Å². The van der Waals surface area contributed by atoms with Crippen LogP contribution in [-0.2, 0) is 0 Å². The van der Waals surface area contributed by atoms with Crippen molar-refractivity contribution in [1.29, 1.82) is 0 Å². The molecule has 0 N–H and O–H groups in total. The molecule has 0 aliphatic rings. The Morgan fingerprint density at radius 3 is 2.46 bits per heavy atom. The van der Waals surface area contributed by atoms with Crippen LogP contribution in [0.3, 0.4) is 0 Å². The van der Waals surface area contributed by atoms with Crippen LogP contribution in [0.4, 0.5) is 0 Å². The van der Waals surface area contributed by atoms with Crippen LogP contribution in [-0.4, -0.2) is 5.78 Å². The summed E-state index contributed by atoms with van der Waals surface area (Å²) in [5.41, 5.74) is 0.887. The average molecular weight is 261 g/mol. The number of hydrogen-bond donors (Lipinski definition) is 0. The van der Waals surface area contributed by atoms with Gasteiger partial charge in [-0.25, -0.2) is 0 Å². The lowest BCUT2D eigenvalue weighted by Crippen LogP contribution is -2.12. The Bertz CT molecular complexity index is 309. The summed E-state index contributed by atoms with van der Waals surface area (Å²) in [5.74, 6) is 0.223. The SMILES string of the molecule is CC(C)(C)CC(=O)c1cscc1Br. The van der Waals surface area contributed by atoms with Gasteiger partial charge < -0.3 is 0 Å². The van der Waals surface area contributed by atoms with Crippen molar-refractivity contribution < 1.29 is 4.79 Å². The molecule has 0 unspecified atom stereocenters. The van der Waals surface area contributed by atoms with Gasteiger partial charge in [0.15, 0.2) is 5.78 Å². The van der Waals surface area contributed by atoms with Crippen LogP contribution in [0.2, 0.25) is 0 Å². The Kier molecular flexibility index (Phi) is 3.30. The van der Waals surface area contributed by atoms with Crippen molar-refractivity contribution in [2.45, 2.75) is 27.2 Å². The lowest BCUT2D eigenvalue weighted by molar-refractivity contribution is 0.0939. The quantitative estimate of drug-likeness (QED) is 0.731. The summed E-state index contributed by atoms with van der Waals surface area (Å²) < 4.78 is 0.923. The van der Waals surface area contributed by atoms with Gasteiger partial charge in [-0.2, -0.15) is 11.3 Å². The Morgan fingerprint density at radius 1 is 1.46 bits per heavy atom. The van der Waals surface area contributed by atoms with Crippen molar-refractivity contribution in [3.63, 3.8) is 0 Å². The predicted octanol–water partition coefficient (Wildman–Crippen LogP) is 4.13. The second-order valence-electron chi connectivity index (χ2n) is 4.29. The summed E-state index contributed by atoms with van der Waals surface area (Å²) in [5, 5.41) is 3.84. The number of thiophene rings is 1. The molecule has 0 aliphatic heterocycles. The molecular formula is C10H13BrOS. The molecule has 1 nitrogen and oxygen atoms in total. The summed E-state index contributed by atoms with van der Waals surface area (Å²) in [6, 6.07) is 0. The Balaban J connectivity index is 2.76. The maximum absolute atomic E-state index is 11.7. The maximum Gasteiger partial charge on any atom is 0.165 e. The van der Waals surface area contributed by atoms with Crippen LogP contribution in [0.15, 0.2) is 15.2 Å². The summed E-state index contributed by atoms with van der Waals surface area (Å²) in [6.07, 6.45) is 0.600. The molecule has 0 spiro atoms. The Hall–Kier alpha value is -0.150.